The lowest BCUT2D eigenvalue weighted by atomic mass is 9.61. The van der Waals surface area contributed by atoms with Crippen LogP contribution in [0.2, 0.25) is 5.28 Å². The number of piperidine rings is 2. The molecule has 11 rings (SSSR count). The highest BCUT2D eigenvalue weighted by atomic mass is 35.5. The smallest absolute Gasteiger partial charge is 0.460 e. The van der Waals surface area contributed by atoms with Gasteiger partial charge in [0.05, 0.1) is 11.2 Å². The minimum atomic E-state index is -0.412. The molecule has 2 aromatic heterocycles. The molecule has 89 heavy (non-hydrogen) atoms. The second kappa shape index (κ2) is 27.0. The third kappa shape index (κ3) is 17.3. The van der Waals surface area contributed by atoms with E-state index in [1.54, 1.807) is 6.33 Å². The maximum absolute atomic E-state index is 12.3. The summed E-state index contributed by atoms with van der Waals surface area (Å²) in [6.07, 6.45) is 15.5. The van der Waals surface area contributed by atoms with Gasteiger partial charge < -0.3 is 28.6 Å². The van der Waals surface area contributed by atoms with Gasteiger partial charge in [-0.25, -0.2) is 19.9 Å². The van der Waals surface area contributed by atoms with E-state index in [1.807, 2.05) is 41.5 Å². The van der Waals surface area contributed by atoms with Gasteiger partial charge in [0, 0.05) is 69.8 Å². The number of anilines is 2. The zero-order valence-corrected chi connectivity index (χ0v) is 57.7. The third-order valence-electron chi connectivity index (χ3n) is 20.5. The molecule has 0 spiro atoms. The van der Waals surface area contributed by atoms with Crippen LogP contribution in [0, 0.1) is 11.8 Å². The van der Waals surface area contributed by atoms with Gasteiger partial charge in [0.1, 0.15) is 23.9 Å². The zero-order chi connectivity index (χ0) is 64.0. The number of esters is 2. The van der Waals surface area contributed by atoms with Crippen LogP contribution >= 0.6 is 11.6 Å². The van der Waals surface area contributed by atoms with Crippen LogP contribution in [0.15, 0.2) is 49.1 Å². The summed E-state index contributed by atoms with van der Waals surface area (Å²) in [5.41, 5.74) is 7.46. The van der Waals surface area contributed by atoms with Gasteiger partial charge in [0.25, 0.3) is 0 Å². The molecule has 0 amide bonds. The highest BCUT2D eigenvalue weighted by Gasteiger charge is 2.52. The van der Waals surface area contributed by atoms with Crippen LogP contribution in [0.4, 0.5) is 11.9 Å². The van der Waals surface area contributed by atoms with Crippen LogP contribution in [-0.4, -0.2) is 146 Å². The van der Waals surface area contributed by atoms with Gasteiger partial charge in [-0.2, -0.15) is 9.97 Å². The first kappa shape index (κ1) is 70.1. The van der Waals surface area contributed by atoms with E-state index in [9.17, 15) is 9.59 Å². The number of carbonyl (C=O) groups excluding carboxylic acids is 2. The summed E-state index contributed by atoms with van der Waals surface area (Å²) in [6, 6.07) is 14.8. The zero-order valence-electron chi connectivity index (χ0n) is 56.9. The van der Waals surface area contributed by atoms with Crippen LogP contribution in [0.25, 0.3) is 11.4 Å². The first-order valence-corrected chi connectivity index (χ1v) is 33.5. The van der Waals surface area contributed by atoms with Crippen molar-refractivity contribution in [3.8, 4) is 11.4 Å². The van der Waals surface area contributed by atoms with E-state index in [2.05, 4.69) is 164 Å². The molecule has 5 saturated heterocycles. The van der Waals surface area contributed by atoms with Crippen LogP contribution < -0.4 is 15.3 Å². The molecular formula is C71H110BClN10O6. The van der Waals surface area contributed by atoms with Crippen molar-refractivity contribution in [2.75, 3.05) is 62.2 Å². The summed E-state index contributed by atoms with van der Waals surface area (Å²) in [5.74, 6) is 2.86. The van der Waals surface area contributed by atoms with Crippen molar-refractivity contribution in [2.45, 2.75) is 265 Å². The number of carbonyl (C=O) groups is 2. The summed E-state index contributed by atoms with van der Waals surface area (Å²) in [7, 11) is -0.272. The quantitative estimate of drug-likeness (QED) is 0.109. The number of halogens is 1. The van der Waals surface area contributed by atoms with Gasteiger partial charge in [-0.05, 0) is 225 Å². The molecule has 0 N–H and O–H groups in total. The normalized spacial score (nSPS) is 23.8. The Hall–Kier alpha value is -4.81. The minimum Gasteiger partial charge on any atom is -0.460 e. The molecule has 7 aliphatic rings. The predicted molar refractivity (Wildman–Crippen MR) is 360 cm³/mol. The van der Waals surface area contributed by atoms with Crippen LogP contribution in [0.5, 0.6) is 0 Å². The van der Waals surface area contributed by atoms with E-state index in [0.717, 1.165) is 114 Å². The van der Waals surface area contributed by atoms with E-state index >= 15 is 0 Å². The number of aromatic nitrogens is 6. The highest BCUT2D eigenvalue weighted by molar-refractivity contribution is 6.62. The molecule has 0 radical (unpaired) electrons. The molecule has 2 unspecified atom stereocenters. The van der Waals surface area contributed by atoms with E-state index in [-0.39, 0.29) is 64.6 Å². The van der Waals surface area contributed by atoms with Crippen molar-refractivity contribution < 1.29 is 28.4 Å². The molecule has 18 heteroatoms. The molecule has 490 valence electrons. The summed E-state index contributed by atoms with van der Waals surface area (Å²) in [4.78, 5) is 60.3. The Morgan fingerprint density at radius 1 is 0.539 bits per heavy atom. The summed E-state index contributed by atoms with van der Waals surface area (Å²) >= 11 is 5.86. The third-order valence-corrected chi connectivity index (χ3v) is 20.7. The highest BCUT2D eigenvalue weighted by Crippen LogP contribution is 2.48. The van der Waals surface area contributed by atoms with E-state index in [0.29, 0.717) is 42.7 Å². The van der Waals surface area contributed by atoms with Gasteiger partial charge in [-0.1, -0.05) is 93.1 Å². The van der Waals surface area contributed by atoms with Crippen molar-refractivity contribution in [1.82, 2.24) is 39.7 Å². The Balaban J connectivity index is 0.000000180. The Morgan fingerprint density at radius 2 is 0.944 bits per heavy atom. The Bertz CT molecular complexity index is 3070. The molecule has 2 aliphatic carbocycles. The molecule has 5 fully saturated rings. The molecule has 4 aromatic rings. The maximum atomic E-state index is 12.3. The molecule has 16 nitrogen and oxygen atoms in total. The van der Waals surface area contributed by atoms with Crippen molar-refractivity contribution in [2.24, 2.45) is 11.8 Å². The predicted octanol–water partition coefficient (Wildman–Crippen LogP) is 13.4. The van der Waals surface area contributed by atoms with E-state index in [4.69, 9.17) is 35.4 Å². The van der Waals surface area contributed by atoms with Gasteiger partial charge in [0.2, 0.25) is 17.2 Å². The number of hydrogen-bond donors (Lipinski definition) is 0. The molecule has 0 saturated carbocycles. The Morgan fingerprint density at radius 3 is 1.38 bits per heavy atom. The van der Waals surface area contributed by atoms with Gasteiger partial charge in [0.15, 0.2) is 5.82 Å². The first-order valence-electron chi connectivity index (χ1n) is 33.1. The van der Waals surface area contributed by atoms with Crippen molar-refractivity contribution in [3.05, 3.63) is 76.6 Å². The lowest BCUT2D eigenvalue weighted by Gasteiger charge is -2.42. The van der Waals surface area contributed by atoms with Crippen molar-refractivity contribution in [1.29, 1.82) is 0 Å². The topological polar surface area (TPSA) is 161 Å². The summed E-state index contributed by atoms with van der Waals surface area (Å²) in [6.45, 7) is 46.7. The average molecular weight is 1250 g/mol. The van der Waals surface area contributed by atoms with Crippen LogP contribution in [0.3, 0.4) is 0 Å². The Kier molecular flexibility index (Phi) is 21.3. The molecule has 2 aromatic carbocycles. The molecule has 0 bridgehead atoms. The number of benzene rings is 2. The summed E-state index contributed by atoms with van der Waals surface area (Å²) in [5, 5.41) is 0.238. The number of ether oxygens (including phenoxy) is 2. The monoisotopic (exact) mass is 1240 g/mol. The summed E-state index contributed by atoms with van der Waals surface area (Å²) < 4.78 is 23.5. The maximum Gasteiger partial charge on any atom is 0.494 e. The second-order valence-corrected chi connectivity index (χ2v) is 32.5. The fourth-order valence-electron chi connectivity index (χ4n) is 14.3. The number of likely N-dealkylation sites (tertiary alicyclic amines) is 2. The van der Waals surface area contributed by atoms with E-state index in [1.165, 1.54) is 54.3 Å². The number of rotatable bonds is 10. The Labute approximate surface area is 540 Å². The second-order valence-electron chi connectivity index (χ2n) is 32.2. The molecule has 7 heterocycles. The lowest BCUT2D eigenvalue weighted by molar-refractivity contribution is -0.157. The minimum absolute atomic E-state index is 0. The average Bonchev–Trinajstić information content (AvgIpc) is 1.58. The van der Waals surface area contributed by atoms with E-state index < -0.39 is 11.2 Å². The standard InChI is InChI=1S/C32H47N5O2.C20H31BO2.C18H28ClN5O2.CH4/c1-30(2,3)39-27(38)18-22-10-15-37(20-22)24-11-16-36(17-12-24)29-34-21-33-28(35-29)23-8-9-25-26(19-23)32(6,7)14-13-31(25,4)5;1-17(2)11-12-18(3,4)16-13-14(9-10-15(16)17)21-22-19(5,6)20(7,8)23-21;1-18(2,3)26-15(25)10-13-4-7-24(11-13)14-5-8-23(9-6-14)17-21-12-20-16(19)22-17;/h8-9,19,21-22,24H,10-18,20H2,1-7H3;9-10,13H,11-12H2,1-8H3;12-14H,4-11H2,1-3H3;1H4. The largest absolute Gasteiger partial charge is 0.494 e. The van der Waals surface area contributed by atoms with Gasteiger partial charge in [-0.3, -0.25) is 19.4 Å². The fourth-order valence-corrected chi connectivity index (χ4v) is 14.4. The van der Waals surface area contributed by atoms with Crippen molar-refractivity contribution in [3.63, 3.8) is 0 Å². The van der Waals surface area contributed by atoms with Crippen LogP contribution in [0.1, 0.15) is 231 Å². The SMILES string of the molecule is C.CC(C)(C)OC(=O)CC1CCN(C2CCN(c3ncnc(-c4ccc5c(c4)C(C)(C)CCC5(C)C)n3)CC2)C1.CC(C)(C)OC(=O)CC1CCN(C2CCN(c3ncnc(Cl)n3)CC2)C1.CC1(C)CCC(C)(C)c2cc(B3OC(C)(C)C(C)(C)O3)ccc21. The first-order chi connectivity index (χ1) is 41.0. The number of fused-ring (bicyclic) bond motifs is 2. The number of nitrogens with zero attached hydrogens (tertiary/aromatic N) is 10. The number of hydrogen-bond acceptors (Lipinski definition) is 16. The van der Waals surface area contributed by atoms with Crippen molar-refractivity contribution >= 4 is 48.0 Å². The van der Waals surface area contributed by atoms with Crippen LogP contribution in [-0.2, 0) is 50.0 Å². The van der Waals surface area contributed by atoms with Gasteiger partial charge in [-0.15, -0.1) is 0 Å². The molecular weight excluding hydrogens is 1140 g/mol. The molecule has 2 atom stereocenters. The lowest BCUT2D eigenvalue weighted by Crippen LogP contribution is -2.44. The van der Waals surface area contributed by atoms with Gasteiger partial charge >= 0.3 is 19.1 Å². The molecule has 5 aliphatic heterocycles. The fraction of sp³-hybridized carbons (Fsp3) is 0.718.